The predicted octanol–water partition coefficient (Wildman–Crippen LogP) is 8.49. The summed E-state index contributed by atoms with van der Waals surface area (Å²) in [6, 6.07) is 11.7. The van der Waals surface area contributed by atoms with Crippen LogP contribution in [0, 0.1) is 30.7 Å². The first-order valence-electron chi connectivity index (χ1n) is 12.7. The van der Waals surface area contributed by atoms with Crippen LogP contribution in [-0.4, -0.2) is 30.4 Å². The molecule has 4 nitrogen and oxygen atoms in total. The number of pyridine rings is 1. The molecule has 0 amide bonds. The average molecular weight is 748 g/mol. The first-order chi connectivity index (χ1) is 16.7. The topological polar surface area (TPSA) is 59.4 Å². The number of allylic oxidation sites excluding steroid dienone is 2. The molecule has 0 spiro atoms. The third-order valence-electron chi connectivity index (χ3n) is 6.72. The first kappa shape index (κ1) is 33.3. The molecule has 0 aliphatic carbocycles. The second-order valence-corrected chi connectivity index (χ2v) is 13.3. The summed E-state index contributed by atoms with van der Waals surface area (Å²) < 4.78 is 8.87. The summed E-state index contributed by atoms with van der Waals surface area (Å²) in [5, 5.41) is 11.0. The fraction of sp³-hybridized carbons (Fsp3) is 0.484. The van der Waals surface area contributed by atoms with Gasteiger partial charge in [0.1, 0.15) is 5.76 Å². The third-order valence-corrected chi connectivity index (χ3v) is 9.66. The van der Waals surface area contributed by atoms with E-state index in [9.17, 15) is 9.90 Å². The molecule has 0 aliphatic heterocycles. The van der Waals surface area contributed by atoms with Gasteiger partial charge in [-0.25, -0.2) is 0 Å². The Morgan fingerprint density at radius 2 is 1.73 bits per heavy atom. The molecule has 37 heavy (non-hydrogen) atoms. The molecule has 2 heterocycles. The van der Waals surface area contributed by atoms with Gasteiger partial charge in [0.15, 0.2) is 5.78 Å². The van der Waals surface area contributed by atoms with E-state index in [1.165, 1.54) is 20.3 Å². The number of carbonyl (C=O) groups is 1. The van der Waals surface area contributed by atoms with Crippen LogP contribution in [0.1, 0.15) is 89.7 Å². The summed E-state index contributed by atoms with van der Waals surface area (Å²) in [5.74, 6) is 2.22. The van der Waals surface area contributed by atoms with Crippen molar-refractivity contribution in [3.8, 4) is 11.6 Å². The van der Waals surface area contributed by atoms with Gasteiger partial charge in [0.05, 0.1) is 0 Å². The summed E-state index contributed by atoms with van der Waals surface area (Å²) >= 11 is 0.400. The van der Waals surface area contributed by atoms with Crippen molar-refractivity contribution in [2.75, 3.05) is 0 Å². The molecular weight excluding hydrogens is 706 g/mol. The second-order valence-electron chi connectivity index (χ2n) is 11.0. The number of aromatic nitrogens is 1. The van der Waals surface area contributed by atoms with Gasteiger partial charge in [0.2, 0.25) is 0 Å². The number of ether oxygens (including phenoxy) is 1. The number of hydrogen-bond acceptors (Lipinski definition) is 4. The molecule has 0 atom stereocenters. The summed E-state index contributed by atoms with van der Waals surface area (Å²) in [4.78, 5) is 16.3. The molecule has 3 aromatic rings. The summed E-state index contributed by atoms with van der Waals surface area (Å²) in [6.45, 7) is 20.2. The average Bonchev–Trinajstić information content (AvgIpc) is 3.24. The van der Waals surface area contributed by atoms with Crippen LogP contribution in [0.4, 0.5) is 0 Å². The Labute approximate surface area is 243 Å². The summed E-state index contributed by atoms with van der Waals surface area (Å²) in [5.41, 5.74) is 1.58. The Kier molecular flexibility index (Phi) is 12.5. The van der Waals surface area contributed by atoms with Gasteiger partial charge in [-0.15, -0.1) is 0 Å². The van der Waals surface area contributed by atoms with Crippen LogP contribution in [0.3, 0.4) is 0 Å². The van der Waals surface area contributed by atoms with Crippen LogP contribution in [0.2, 0.25) is 0 Å². The molecule has 2 aromatic heterocycles. The number of nitrogens with zero attached hydrogens (tertiary/aromatic N) is 1. The smallest absolute Gasteiger partial charge is 0 e. The third kappa shape index (κ3) is 9.21. The Hall–Kier alpha value is -1.71. The van der Waals surface area contributed by atoms with Gasteiger partial charge >= 0.3 is 131 Å². The minimum absolute atomic E-state index is 0. The second kappa shape index (κ2) is 13.9. The standard InChI is InChI=1S/C18H18NOSe.C13H24O2.Ir/c1-11(2)17-10-15-16(21-17)5-6-19-18(15)20-14-8-12(3)7-13(4)9-14;1-7-12(3,4)10(14)9-11(15)13(5,6)8-2;/h5-8,10-11H,1-4H3;9,14H,7-8H2,1-6H3;/q-1;;/b;10-9-;. The Morgan fingerprint density at radius 1 is 1.11 bits per heavy atom. The van der Waals surface area contributed by atoms with Crippen molar-refractivity contribution in [2.45, 2.75) is 88.0 Å². The van der Waals surface area contributed by atoms with Crippen molar-refractivity contribution in [1.82, 2.24) is 4.98 Å². The van der Waals surface area contributed by atoms with Gasteiger partial charge in [-0.2, -0.15) is 0 Å². The van der Waals surface area contributed by atoms with E-state index in [1.54, 1.807) is 0 Å². The van der Waals surface area contributed by atoms with E-state index < -0.39 is 0 Å². The van der Waals surface area contributed by atoms with E-state index in [0.717, 1.165) is 29.5 Å². The van der Waals surface area contributed by atoms with E-state index in [-0.39, 0.29) is 42.5 Å². The van der Waals surface area contributed by atoms with Crippen LogP contribution >= 0.6 is 0 Å². The Bertz CT molecular complexity index is 1200. The van der Waals surface area contributed by atoms with Crippen molar-refractivity contribution in [1.29, 1.82) is 0 Å². The van der Waals surface area contributed by atoms with Gasteiger partial charge in [-0.05, 0) is 12.8 Å². The van der Waals surface area contributed by atoms with Gasteiger partial charge in [0.25, 0.3) is 0 Å². The van der Waals surface area contributed by atoms with Gasteiger partial charge in [0, 0.05) is 37.0 Å². The van der Waals surface area contributed by atoms with E-state index in [4.69, 9.17) is 4.74 Å². The number of carbonyl (C=O) groups excluding carboxylic acids is 1. The summed E-state index contributed by atoms with van der Waals surface area (Å²) in [7, 11) is 0. The predicted molar refractivity (Wildman–Crippen MR) is 151 cm³/mol. The number of rotatable bonds is 8. The fourth-order valence-electron chi connectivity index (χ4n) is 3.21. The van der Waals surface area contributed by atoms with Crippen molar-refractivity contribution < 1.29 is 34.7 Å². The van der Waals surface area contributed by atoms with Crippen molar-refractivity contribution in [3.63, 3.8) is 0 Å². The van der Waals surface area contributed by atoms with Gasteiger partial charge in [-0.1, -0.05) is 41.5 Å². The molecule has 1 N–H and O–H groups in total. The van der Waals surface area contributed by atoms with E-state index in [2.05, 4.69) is 50.0 Å². The van der Waals surface area contributed by atoms with Crippen molar-refractivity contribution >= 4 is 29.9 Å². The van der Waals surface area contributed by atoms with Crippen molar-refractivity contribution in [3.05, 3.63) is 63.9 Å². The molecular formula is C31H42IrNO3Se-. The minimum Gasteiger partial charge on any atom is 0 e. The zero-order valence-electron chi connectivity index (χ0n) is 23.9. The molecule has 1 aromatic carbocycles. The van der Waals surface area contributed by atoms with Crippen LogP contribution in [0.25, 0.3) is 9.65 Å². The number of aryl methyl sites for hydroxylation is 2. The maximum absolute atomic E-state index is 11.8. The normalized spacial score (nSPS) is 12.1. The molecule has 1 radical (unpaired) electrons. The number of aliphatic hydroxyl groups is 1. The molecule has 6 heteroatoms. The van der Waals surface area contributed by atoms with Gasteiger partial charge in [-0.3, -0.25) is 4.79 Å². The number of hydrogen-bond donors (Lipinski definition) is 1. The molecule has 0 bridgehead atoms. The molecule has 205 valence electrons. The van der Waals surface area contributed by atoms with Crippen LogP contribution in [-0.2, 0) is 24.9 Å². The number of aliphatic hydroxyl groups excluding tert-OH is 1. The minimum atomic E-state index is -0.377. The largest absolute Gasteiger partial charge is 0 e. The van der Waals surface area contributed by atoms with Gasteiger partial charge < -0.3 is 5.11 Å². The van der Waals surface area contributed by atoms with E-state index >= 15 is 0 Å². The first-order valence-corrected chi connectivity index (χ1v) is 14.4. The molecule has 0 fully saturated rings. The number of benzene rings is 1. The zero-order valence-corrected chi connectivity index (χ0v) is 28.0. The number of fused-ring (bicyclic) bond motifs is 1. The molecule has 0 saturated heterocycles. The monoisotopic (exact) mass is 749 g/mol. The quantitative estimate of drug-likeness (QED) is 0.109. The zero-order chi connectivity index (χ0) is 27.3. The number of ketones is 1. The fourth-order valence-corrected chi connectivity index (χ4v) is 5.42. The van der Waals surface area contributed by atoms with E-state index in [1.807, 2.05) is 60.7 Å². The van der Waals surface area contributed by atoms with Crippen LogP contribution < -0.4 is 4.74 Å². The SMILES string of the molecule is CCC(C)(C)C(=O)/C=C(\O)C(C)(C)CC.Cc1[c-]c(Oc2nccc3[se]c(C(C)C)cc23)cc(C)c1.[Ir]. The maximum Gasteiger partial charge on any atom is 0 e. The summed E-state index contributed by atoms with van der Waals surface area (Å²) in [6.07, 6.45) is 4.83. The maximum atomic E-state index is 11.8. The molecule has 3 rings (SSSR count). The molecule has 0 saturated carbocycles. The van der Waals surface area contributed by atoms with Crippen molar-refractivity contribution in [2.24, 2.45) is 10.8 Å². The molecule has 0 unspecified atom stereocenters. The van der Waals surface area contributed by atoms with E-state index in [0.29, 0.717) is 26.3 Å². The Morgan fingerprint density at radius 3 is 2.27 bits per heavy atom. The van der Waals surface area contributed by atoms with Crippen LogP contribution in [0.5, 0.6) is 11.6 Å². The van der Waals surface area contributed by atoms with Crippen LogP contribution in [0.15, 0.2) is 42.3 Å². The molecule has 0 aliphatic rings. The Balaban J connectivity index is 0.000000384.